The Morgan fingerprint density at radius 2 is 0.893 bits per heavy atom. The Morgan fingerprint density at radius 3 is 1.39 bits per heavy atom. The van der Waals surface area contributed by atoms with Crippen molar-refractivity contribution in [3.63, 3.8) is 0 Å². The molecule has 134 valence electrons. The highest BCUT2D eigenvalue weighted by Crippen LogP contribution is 2.33. The molecule has 1 heteroatoms. The summed E-state index contributed by atoms with van der Waals surface area (Å²) in [6.45, 7) is 0.815. The zero-order valence-electron chi connectivity index (χ0n) is 15.6. The van der Waals surface area contributed by atoms with E-state index in [9.17, 15) is 0 Å². The molecule has 0 aromatic heterocycles. The SMILES string of the molecule is c1ccc(N(Cc2c3ccccc3cc3ccccc23)c2ccccc2)cc1. The Hall–Kier alpha value is -3.58. The zero-order chi connectivity index (χ0) is 18.8. The van der Waals surface area contributed by atoms with Gasteiger partial charge in [-0.3, -0.25) is 0 Å². The van der Waals surface area contributed by atoms with Gasteiger partial charge in [0, 0.05) is 17.9 Å². The highest BCUT2D eigenvalue weighted by molar-refractivity contribution is 6.02. The van der Waals surface area contributed by atoms with Crippen molar-refractivity contribution >= 4 is 32.9 Å². The van der Waals surface area contributed by atoms with Crippen molar-refractivity contribution < 1.29 is 0 Å². The monoisotopic (exact) mass is 359 g/mol. The molecule has 0 atom stereocenters. The third-order valence-corrected chi connectivity index (χ3v) is 5.33. The van der Waals surface area contributed by atoms with Gasteiger partial charge in [0.1, 0.15) is 0 Å². The van der Waals surface area contributed by atoms with Crippen molar-refractivity contribution in [3.8, 4) is 0 Å². The summed E-state index contributed by atoms with van der Waals surface area (Å²) in [5.74, 6) is 0. The number of anilines is 2. The van der Waals surface area contributed by atoms with Crippen molar-refractivity contribution in [1.29, 1.82) is 0 Å². The quantitative estimate of drug-likeness (QED) is 0.304. The van der Waals surface area contributed by atoms with E-state index in [4.69, 9.17) is 0 Å². The Morgan fingerprint density at radius 1 is 0.464 bits per heavy atom. The smallest absolute Gasteiger partial charge is 0.0494 e. The fraction of sp³-hybridized carbons (Fsp3) is 0.0370. The molecule has 0 spiro atoms. The molecule has 0 aliphatic heterocycles. The average Bonchev–Trinajstić information content (AvgIpc) is 2.78. The number of hydrogen-bond acceptors (Lipinski definition) is 1. The fourth-order valence-electron chi connectivity index (χ4n) is 3.98. The molecule has 0 aliphatic carbocycles. The third-order valence-electron chi connectivity index (χ3n) is 5.33. The maximum absolute atomic E-state index is 2.40. The summed E-state index contributed by atoms with van der Waals surface area (Å²) >= 11 is 0. The molecule has 0 amide bonds. The molecule has 0 saturated heterocycles. The van der Waals surface area contributed by atoms with Gasteiger partial charge in [-0.1, -0.05) is 84.9 Å². The molecule has 0 bridgehead atoms. The summed E-state index contributed by atoms with van der Waals surface area (Å²) in [6.07, 6.45) is 0. The molecule has 0 N–H and O–H groups in total. The molecular weight excluding hydrogens is 338 g/mol. The van der Waals surface area contributed by atoms with E-state index in [-0.39, 0.29) is 0 Å². The number of benzene rings is 5. The maximum Gasteiger partial charge on any atom is 0.0494 e. The first-order valence-electron chi connectivity index (χ1n) is 9.67. The van der Waals surface area contributed by atoms with E-state index in [1.165, 1.54) is 38.5 Å². The molecule has 0 saturated carbocycles. The van der Waals surface area contributed by atoms with Crippen LogP contribution in [0.4, 0.5) is 11.4 Å². The zero-order valence-corrected chi connectivity index (χ0v) is 15.6. The average molecular weight is 359 g/mol. The lowest BCUT2D eigenvalue weighted by molar-refractivity contribution is 0.993. The summed E-state index contributed by atoms with van der Waals surface area (Å²) in [6, 6.07) is 41.0. The van der Waals surface area contributed by atoms with Crippen LogP contribution in [0.25, 0.3) is 21.5 Å². The summed E-state index contributed by atoms with van der Waals surface area (Å²) < 4.78 is 0. The van der Waals surface area contributed by atoms with Crippen LogP contribution in [-0.2, 0) is 6.54 Å². The van der Waals surface area contributed by atoms with E-state index in [1.54, 1.807) is 0 Å². The van der Waals surface area contributed by atoms with Gasteiger partial charge in [0.15, 0.2) is 0 Å². The molecule has 0 fully saturated rings. The van der Waals surface area contributed by atoms with Crippen molar-refractivity contribution in [2.24, 2.45) is 0 Å². The van der Waals surface area contributed by atoms with Gasteiger partial charge in [0.05, 0.1) is 0 Å². The highest BCUT2D eigenvalue weighted by Gasteiger charge is 2.14. The van der Waals surface area contributed by atoms with Gasteiger partial charge in [-0.2, -0.15) is 0 Å². The van der Waals surface area contributed by atoms with Crippen LogP contribution >= 0.6 is 0 Å². The van der Waals surface area contributed by atoms with E-state index >= 15 is 0 Å². The van der Waals surface area contributed by atoms with Crippen molar-refractivity contribution in [2.75, 3.05) is 4.90 Å². The molecule has 5 aromatic rings. The van der Waals surface area contributed by atoms with Crippen LogP contribution in [0.1, 0.15) is 5.56 Å². The van der Waals surface area contributed by atoms with Gasteiger partial charge in [-0.05, 0) is 57.4 Å². The largest absolute Gasteiger partial charge is 0.337 e. The predicted molar refractivity (Wildman–Crippen MR) is 120 cm³/mol. The van der Waals surface area contributed by atoms with Gasteiger partial charge in [0.25, 0.3) is 0 Å². The molecule has 0 unspecified atom stereocenters. The van der Waals surface area contributed by atoms with Crippen LogP contribution in [0.15, 0.2) is 115 Å². The second kappa shape index (κ2) is 7.21. The Bertz CT molecular complexity index is 1130. The lowest BCUT2D eigenvalue weighted by atomic mass is 9.96. The standard InChI is InChI=1S/C27H21N/c1-3-13-23(14-4-1)28(24-15-5-2-6-16-24)20-27-25-17-9-7-11-21(25)19-22-12-8-10-18-26(22)27/h1-19H,20H2. The normalized spacial score (nSPS) is 11.0. The number of fused-ring (bicyclic) bond motifs is 2. The van der Waals surface area contributed by atoms with Crippen molar-refractivity contribution in [1.82, 2.24) is 0 Å². The van der Waals surface area contributed by atoms with Gasteiger partial charge < -0.3 is 4.90 Å². The number of hydrogen-bond donors (Lipinski definition) is 0. The third kappa shape index (κ3) is 3.01. The van der Waals surface area contributed by atoms with Crippen LogP contribution in [0.2, 0.25) is 0 Å². The topological polar surface area (TPSA) is 3.24 Å². The van der Waals surface area contributed by atoms with E-state index in [0.717, 1.165) is 6.54 Å². The highest BCUT2D eigenvalue weighted by atomic mass is 15.1. The van der Waals surface area contributed by atoms with Gasteiger partial charge in [-0.25, -0.2) is 0 Å². The van der Waals surface area contributed by atoms with Gasteiger partial charge in [0.2, 0.25) is 0 Å². The first kappa shape index (κ1) is 16.6. The van der Waals surface area contributed by atoms with Crippen molar-refractivity contribution in [2.45, 2.75) is 6.54 Å². The van der Waals surface area contributed by atoms with Crippen LogP contribution in [-0.4, -0.2) is 0 Å². The first-order valence-corrected chi connectivity index (χ1v) is 9.67. The fourth-order valence-corrected chi connectivity index (χ4v) is 3.98. The summed E-state index contributed by atoms with van der Waals surface area (Å²) in [7, 11) is 0. The van der Waals surface area contributed by atoms with Gasteiger partial charge in [-0.15, -0.1) is 0 Å². The predicted octanol–water partition coefficient (Wildman–Crippen LogP) is 7.33. The van der Waals surface area contributed by atoms with Crippen LogP contribution in [0, 0.1) is 0 Å². The maximum atomic E-state index is 2.40. The van der Waals surface area contributed by atoms with Crippen LogP contribution < -0.4 is 4.90 Å². The lowest BCUT2D eigenvalue weighted by Crippen LogP contribution is -2.16. The molecule has 1 nitrogen and oxygen atoms in total. The second-order valence-electron chi connectivity index (χ2n) is 7.05. The molecule has 0 radical (unpaired) electrons. The molecular formula is C27H21N. The molecule has 0 aliphatic rings. The lowest BCUT2D eigenvalue weighted by Gasteiger charge is -2.26. The minimum Gasteiger partial charge on any atom is -0.337 e. The Kier molecular flexibility index (Phi) is 4.27. The number of rotatable bonds is 4. The van der Waals surface area contributed by atoms with E-state index in [0.29, 0.717) is 0 Å². The van der Waals surface area contributed by atoms with Crippen LogP contribution in [0.3, 0.4) is 0 Å². The first-order chi connectivity index (χ1) is 13.9. The Balaban J connectivity index is 1.74. The van der Waals surface area contributed by atoms with E-state index in [1.807, 2.05) is 0 Å². The minimum atomic E-state index is 0.815. The Labute approximate surface area is 165 Å². The second-order valence-corrected chi connectivity index (χ2v) is 7.05. The summed E-state index contributed by atoms with van der Waals surface area (Å²) in [4.78, 5) is 2.40. The summed E-state index contributed by atoms with van der Waals surface area (Å²) in [5, 5.41) is 5.21. The molecule has 5 aromatic carbocycles. The number of nitrogens with zero attached hydrogens (tertiary/aromatic N) is 1. The van der Waals surface area contributed by atoms with E-state index < -0.39 is 0 Å². The van der Waals surface area contributed by atoms with Crippen LogP contribution in [0.5, 0.6) is 0 Å². The molecule has 0 heterocycles. The molecule has 5 rings (SSSR count). The number of para-hydroxylation sites is 2. The summed E-state index contributed by atoms with van der Waals surface area (Å²) in [5.41, 5.74) is 3.76. The van der Waals surface area contributed by atoms with E-state index in [2.05, 4.69) is 120 Å². The van der Waals surface area contributed by atoms with Crippen molar-refractivity contribution in [3.05, 3.63) is 121 Å². The van der Waals surface area contributed by atoms with Gasteiger partial charge >= 0.3 is 0 Å². The minimum absolute atomic E-state index is 0.815. The molecule has 28 heavy (non-hydrogen) atoms.